The highest BCUT2D eigenvalue weighted by atomic mass is 32.2. The quantitative estimate of drug-likeness (QED) is 0.293. The minimum atomic E-state index is -0.694. The highest BCUT2D eigenvalue weighted by molar-refractivity contribution is 7.98. The van der Waals surface area contributed by atoms with E-state index in [0.717, 1.165) is 32.8 Å². The van der Waals surface area contributed by atoms with Gasteiger partial charge in [-0.3, -0.25) is 9.59 Å². The maximum absolute atomic E-state index is 13.3. The van der Waals surface area contributed by atoms with Crippen molar-refractivity contribution in [3.8, 4) is 0 Å². The van der Waals surface area contributed by atoms with Gasteiger partial charge in [0.15, 0.2) is 0 Å². The Morgan fingerprint density at radius 1 is 1.00 bits per heavy atom. The van der Waals surface area contributed by atoms with E-state index >= 15 is 0 Å². The monoisotopic (exact) mass is 472 g/mol. The van der Waals surface area contributed by atoms with Crippen LogP contribution in [-0.2, 0) is 21.8 Å². The van der Waals surface area contributed by atoms with Gasteiger partial charge in [-0.25, -0.2) is 4.98 Å². The number of anilines is 1. The molecular formula is C27H28N4O2S. The molecule has 0 aliphatic heterocycles. The SMILES string of the molecule is CC(C)C(=O)NC(Cc1c[nH]c2ccccc12)C(=O)Nc1cccc(CSc2ccccn2)c1. The van der Waals surface area contributed by atoms with Crippen LogP contribution >= 0.6 is 11.8 Å². The molecule has 0 saturated carbocycles. The second kappa shape index (κ2) is 11.0. The van der Waals surface area contributed by atoms with Gasteiger partial charge >= 0.3 is 0 Å². The zero-order valence-electron chi connectivity index (χ0n) is 19.2. The predicted molar refractivity (Wildman–Crippen MR) is 138 cm³/mol. The number of hydrogen-bond acceptors (Lipinski definition) is 4. The third-order valence-electron chi connectivity index (χ3n) is 5.48. The van der Waals surface area contributed by atoms with Crippen LogP contribution in [-0.4, -0.2) is 27.8 Å². The van der Waals surface area contributed by atoms with Crippen molar-refractivity contribution in [2.24, 2.45) is 5.92 Å². The molecule has 0 aliphatic carbocycles. The first-order valence-electron chi connectivity index (χ1n) is 11.3. The number of carbonyl (C=O) groups is 2. The second-order valence-electron chi connectivity index (χ2n) is 8.43. The smallest absolute Gasteiger partial charge is 0.247 e. The largest absolute Gasteiger partial charge is 0.361 e. The van der Waals surface area contributed by atoms with Gasteiger partial charge in [0.25, 0.3) is 0 Å². The molecule has 2 aromatic carbocycles. The minimum Gasteiger partial charge on any atom is -0.361 e. The lowest BCUT2D eigenvalue weighted by Crippen LogP contribution is -2.46. The van der Waals surface area contributed by atoms with Gasteiger partial charge < -0.3 is 15.6 Å². The lowest BCUT2D eigenvalue weighted by atomic mass is 10.0. The van der Waals surface area contributed by atoms with E-state index in [1.807, 2.05) is 86.8 Å². The van der Waals surface area contributed by atoms with Gasteiger partial charge in [0.1, 0.15) is 6.04 Å². The number of fused-ring (bicyclic) bond motifs is 1. The summed E-state index contributed by atoms with van der Waals surface area (Å²) in [4.78, 5) is 33.3. The Morgan fingerprint density at radius 3 is 2.62 bits per heavy atom. The fraction of sp³-hybridized carbons (Fsp3) is 0.222. The number of aromatic nitrogens is 2. The number of thioether (sulfide) groups is 1. The summed E-state index contributed by atoms with van der Waals surface area (Å²) < 4.78 is 0. The van der Waals surface area contributed by atoms with Crippen LogP contribution in [0.5, 0.6) is 0 Å². The maximum atomic E-state index is 13.3. The van der Waals surface area contributed by atoms with Gasteiger partial charge in [-0.05, 0) is 41.5 Å². The van der Waals surface area contributed by atoms with Gasteiger partial charge in [0, 0.05) is 47.1 Å². The average Bonchev–Trinajstić information content (AvgIpc) is 3.26. The number of pyridine rings is 1. The molecule has 0 aliphatic rings. The number of hydrogen-bond donors (Lipinski definition) is 3. The van der Waals surface area contributed by atoms with Crippen molar-refractivity contribution in [3.05, 3.63) is 90.3 Å². The van der Waals surface area contributed by atoms with Crippen LogP contribution in [0.3, 0.4) is 0 Å². The average molecular weight is 473 g/mol. The summed E-state index contributed by atoms with van der Waals surface area (Å²) in [7, 11) is 0. The van der Waals surface area contributed by atoms with Crippen molar-refractivity contribution in [1.82, 2.24) is 15.3 Å². The summed E-state index contributed by atoms with van der Waals surface area (Å²) in [6.07, 6.45) is 4.07. The van der Waals surface area contributed by atoms with Crippen molar-refractivity contribution in [2.75, 3.05) is 5.32 Å². The van der Waals surface area contributed by atoms with Gasteiger partial charge in [-0.2, -0.15) is 0 Å². The number of para-hydroxylation sites is 1. The van der Waals surface area contributed by atoms with Gasteiger partial charge in [0.05, 0.1) is 5.03 Å². The molecule has 7 heteroatoms. The lowest BCUT2D eigenvalue weighted by Gasteiger charge is -2.20. The van der Waals surface area contributed by atoms with Crippen LogP contribution in [0, 0.1) is 5.92 Å². The summed E-state index contributed by atoms with van der Waals surface area (Å²) in [5, 5.41) is 7.92. The van der Waals surface area contributed by atoms with Crippen LogP contribution < -0.4 is 10.6 Å². The molecule has 0 bridgehead atoms. The predicted octanol–water partition coefficient (Wildman–Crippen LogP) is 5.18. The fourth-order valence-corrected chi connectivity index (χ4v) is 4.43. The van der Waals surface area contributed by atoms with Crippen LogP contribution in [0.15, 0.2) is 84.1 Å². The molecular weight excluding hydrogens is 444 g/mol. The molecule has 1 unspecified atom stereocenters. The van der Waals surface area contributed by atoms with Gasteiger partial charge in [-0.1, -0.05) is 50.2 Å². The van der Waals surface area contributed by atoms with E-state index < -0.39 is 6.04 Å². The summed E-state index contributed by atoms with van der Waals surface area (Å²) in [5.41, 5.74) is 3.77. The Bertz CT molecular complexity index is 1270. The highest BCUT2D eigenvalue weighted by Gasteiger charge is 2.24. The van der Waals surface area contributed by atoms with Crippen LogP contribution in [0.25, 0.3) is 10.9 Å². The summed E-state index contributed by atoms with van der Waals surface area (Å²) in [5.74, 6) is 0.128. The Kier molecular flexibility index (Phi) is 7.65. The maximum Gasteiger partial charge on any atom is 0.247 e. The number of carbonyl (C=O) groups excluding carboxylic acids is 2. The van der Waals surface area contributed by atoms with Gasteiger partial charge in [-0.15, -0.1) is 11.8 Å². The fourth-order valence-electron chi connectivity index (χ4n) is 3.63. The summed E-state index contributed by atoms with van der Waals surface area (Å²) in [6, 6.07) is 20.8. The first kappa shape index (κ1) is 23.6. The molecule has 2 amide bonds. The van der Waals surface area contributed by atoms with Crippen molar-refractivity contribution < 1.29 is 9.59 Å². The van der Waals surface area contributed by atoms with Crippen LogP contribution in [0.4, 0.5) is 5.69 Å². The van der Waals surface area contributed by atoms with E-state index in [-0.39, 0.29) is 17.7 Å². The zero-order chi connectivity index (χ0) is 23.9. The normalized spacial score (nSPS) is 12.0. The van der Waals surface area contributed by atoms with Crippen molar-refractivity contribution in [3.63, 3.8) is 0 Å². The van der Waals surface area contributed by atoms with E-state index in [2.05, 4.69) is 20.6 Å². The number of amides is 2. The van der Waals surface area contributed by atoms with E-state index in [9.17, 15) is 9.59 Å². The topological polar surface area (TPSA) is 86.9 Å². The Hall–Kier alpha value is -3.58. The first-order chi connectivity index (χ1) is 16.5. The molecule has 2 heterocycles. The minimum absolute atomic E-state index is 0.152. The number of rotatable bonds is 9. The molecule has 0 radical (unpaired) electrons. The van der Waals surface area contributed by atoms with Crippen molar-refractivity contribution in [2.45, 2.75) is 37.1 Å². The van der Waals surface area contributed by atoms with E-state index in [0.29, 0.717) is 12.1 Å². The van der Waals surface area contributed by atoms with Crippen LogP contribution in [0.1, 0.15) is 25.0 Å². The Morgan fingerprint density at radius 2 is 1.82 bits per heavy atom. The molecule has 4 aromatic rings. The second-order valence-corrected chi connectivity index (χ2v) is 9.42. The molecule has 4 rings (SSSR count). The molecule has 174 valence electrons. The standard InChI is InChI=1S/C27H28N4O2S/c1-18(2)26(32)31-24(15-20-16-29-23-11-4-3-10-22(20)23)27(33)30-21-9-7-8-19(14-21)17-34-25-12-5-6-13-28-25/h3-14,16,18,24,29H,15,17H2,1-2H3,(H,30,33)(H,31,32). The third kappa shape index (κ3) is 6.05. The molecule has 6 nitrogen and oxygen atoms in total. The summed E-state index contributed by atoms with van der Waals surface area (Å²) >= 11 is 1.64. The van der Waals surface area contributed by atoms with E-state index in [4.69, 9.17) is 0 Å². The third-order valence-corrected chi connectivity index (χ3v) is 6.49. The Balaban J connectivity index is 1.48. The first-order valence-corrected chi connectivity index (χ1v) is 12.3. The van der Waals surface area contributed by atoms with Crippen molar-refractivity contribution in [1.29, 1.82) is 0 Å². The number of nitrogens with zero attached hydrogens (tertiary/aromatic N) is 1. The zero-order valence-corrected chi connectivity index (χ0v) is 20.1. The van der Waals surface area contributed by atoms with E-state index in [1.54, 1.807) is 18.0 Å². The lowest BCUT2D eigenvalue weighted by molar-refractivity contribution is -0.128. The molecule has 0 fully saturated rings. The number of aromatic amines is 1. The highest BCUT2D eigenvalue weighted by Crippen LogP contribution is 2.23. The number of benzene rings is 2. The Labute approximate surface area is 203 Å². The van der Waals surface area contributed by atoms with Crippen molar-refractivity contribution >= 4 is 40.2 Å². The molecule has 34 heavy (non-hydrogen) atoms. The van der Waals surface area contributed by atoms with Crippen LogP contribution in [0.2, 0.25) is 0 Å². The van der Waals surface area contributed by atoms with E-state index in [1.165, 1.54) is 0 Å². The number of H-pyrrole nitrogens is 1. The molecule has 1 atom stereocenters. The number of nitrogens with one attached hydrogen (secondary N) is 3. The summed E-state index contributed by atoms with van der Waals surface area (Å²) in [6.45, 7) is 3.64. The van der Waals surface area contributed by atoms with Gasteiger partial charge in [0.2, 0.25) is 11.8 Å². The molecule has 0 spiro atoms. The molecule has 2 aromatic heterocycles. The molecule has 0 saturated heterocycles. The molecule has 3 N–H and O–H groups in total.